The normalized spacial score (nSPS) is 20.3. The maximum absolute atomic E-state index is 13.1. The van der Waals surface area contributed by atoms with Gasteiger partial charge in [-0.1, -0.05) is 73.7 Å². The van der Waals surface area contributed by atoms with Crippen molar-refractivity contribution in [3.63, 3.8) is 0 Å². The number of hydrogen-bond acceptors (Lipinski definition) is 7. The van der Waals surface area contributed by atoms with Crippen molar-refractivity contribution in [3.8, 4) is 5.75 Å². The summed E-state index contributed by atoms with van der Waals surface area (Å²) in [4.78, 5) is 46.6. The molecule has 1 unspecified atom stereocenters. The van der Waals surface area contributed by atoms with Crippen LogP contribution in [0.3, 0.4) is 0 Å². The molecule has 0 saturated carbocycles. The summed E-state index contributed by atoms with van der Waals surface area (Å²) in [5.74, 6) is 0.246. The maximum Gasteiger partial charge on any atom is 0.255 e. The average Bonchev–Trinajstić information content (AvgIpc) is 3.39. The first-order valence-electron chi connectivity index (χ1n) is 21.0. The van der Waals surface area contributed by atoms with Crippen LogP contribution in [0.2, 0.25) is 0 Å². The van der Waals surface area contributed by atoms with Crippen molar-refractivity contribution in [2.24, 2.45) is 5.92 Å². The van der Waals surface area contributed by atoms with Crippen molar-refractivity contribution in [1.29, 1.82) is 0 Å². The minimum atomic E-state index is -0.577. The SMILES string of the molecule is CCC(=C(c1ccc(O)cc1)c1ccc(N2CCC(CN3CCCN(CCc4ccc5c(c4)CN(C4CCC(=O)NC4=O)C5=O)CC3)CC2)cc1)c1ccccc1. The molecule has 1 atom stereocenters. The highest BCUT2D eigenvalue weighted by atomic mass is 16.3. The Kier molecular flexibility index (Phi) is 11.8. The largest absolute Gasteiger partial charge is 0.508 e. The number of nitrogens with zero attached hydrogens (tertiary/aromatic N) is 4. The molecule has 57 heavy (non-hydrogen) atoms. The van der Waals surface area contributed by atoms with Gasteiger partial charge in [-0.15, -0.1) is 0 Å². The Balaban J connectivity index is 0.817. The predicted molar refractivity (Wildman–Crippen MR) is 226 cm³/mol. The zero-order valence-electron chi connectivity index (χ0n) is 33.2. The summed E-state index contributed by atoms with van der Waals surface area (Å²) in [5.41, 5.74) is 10.2. The third kappa shape index (κ3) is 8.85. The molecule has 4 aliphatic heterocycles. The first kappa shape index (κ1) is 38.6. The van der Waals surface area contributed by atoms with Crippen LogP contribution >= 0.6 is 0 Å². The molecule has 4 aromatic rings. The van der Waals surface area contributed by atoms with Crippen LogP contribution in [0.15, 0.2) is 97.1 Å². The van der Waals surface area contributed by atoms with Crippen molar-refractivity contribution in [2.75, 3.05) is 57.3 Å². The maximum atomic E-state index is 13.1. The summed E-state index contributed by atoms with van der Waals surface area (Å²) in [6.45, 7) is 11.4. The molecule has 296 valence electrons. The molecule has 0 spiro atoms. The first-order valence-corrected chi connectivity index (χ1v) is 21.0. The molecule has 0 bridgehead atoms. The molecular formula is C48H55N5O4. The number of carbonyl (C=O) groups excluding carboxylic acids is 3. The molecule has 9 heteroatoms. The zero-order valence-corrected chi connectivity index (χ0v) is 33.2. The molecule has 8 rings (SSSR count). The number of nitrogens with one attached hydrogen (secondary N) is 1. The molecule has 3 amide bonds. The number of piperidine rings is 2. The van der Waals surface area contributed by atoms with Crippen molar-refractivity contribution in [3.05, 3.63) is 130 Å². The number of hydrogen-bond donors (Lipinski definition) is 2. The lowest BCUT2D eigenvalue weighted by molar-refractivity contribution is -0.136. The van der Waals surface area contributed by atoms with Crippen LogP contribution in [0.25, 0.3) is 11.1 Å². The molecule has 0 aliphatic carbocycles. The number of imide groups is 1. The van der Waals surface area contributed by atoms with Gasteiger partial charge in [0.25, 0.3) is 5.91 Å². The molecule has 4 aromatic carbocycles. The van der Waals surface area contributed by atoms with Crippen LogP contribution in [0.4, 0.5) is 5.69 Å². The number of phenols is 1. The lowest BCUT2D eigenvalue weighted by atomic mass is 9.88. The van der Waals surface area contributed by atoms with Crippen LogP contribution in [0.1, 0.15) is 83.6 Å². The van der Waals surface area contributed by atoms with E-state index in [2.05, 4.69) is 93.7 Å². The number of anilines is 1. The number of carbonyl (C=O) groups is 3. The summed E-state index contributed by atoms with van der Waals surface area (Å²) >= 11 is 0. The second kappa shape index (κ2) is 17.5. The lowest BCUT2D eigenvalue weighted by Gasteiger charge is -2.36. The van der Waals surface area contributed by atoms with Crippen molar-refractivity contribution < 1.29 is 19.5 Å². The number of fused-ring (bicyclic) bond motifs is 1. The summed E-state index contributed by atoms with van der Waals surface area (Å²) in [5, 5.41) is 12.4. The van der Waals surface area contributed by atoms with E-state index >= 15 is 0 Å². The second-order valence-corrected chi connectivity index (χ2v) is 16.2. The summed E-state index contributed by atoms with van der Waals surface area (Å²) in [7, 11) is 0. The van der Waals surface area contributed by atoms with Gasteiger partial charge < -0.3 is 24.7 Å². The monoisotopic (exact) mass is 765 g/mol. The highest BCUT2D eigenvalue weighted by molar-refractivity contribution is 6.05. The standard InChI is InChI=1S/C48H55N5O4/c1-2-42(36-7-4-3-5-8-36)46(38-12-16-41(54)17-13-38)37-10-14-40(15-11-37)52-27-22-35(23-28-52)32-51-25-6-24-50(29-30-51)26-21-34-9-18-43-39(31-34)33-53(48(43)57)44-19-20-45(55)49-47(44)56/h3-5,7-18,31,35,44,54H,2,6,19-30,32-33H2,1H3,(H,49,55,56). The number of aromatic hydroxyl groups is 1. The van der Waals surface area contributed by atoms with Crippen LogP contribution in [-0.2, 0) is 22.6 Å². The lowest BCUT2D eigenvalue weighted by Crippen LogP contribution is -2.52. The fourth-order valence-electron chi connectivity index (χ4n) is 9.39. The molecule has 4 aliphatic rings. The number of amides is 3. The third-order valence-electron chi connectivity index (χ3n) is 12.6. The molecule has 3 fully saturated rings. The van der Waals surface area contributed by atoms with Gasteiger partial charge in [0, 0.05) is 63.5 Å². The van der Waals surface area contributed by atoms with Gasteiger partial charge in [-0.2, -0.15) is 0 Å². The molecule has 4 heterocycles. The predicted octanol–water partition coefficient (Wildman–Crippen LogP) is 6.99. The fourth-order valence-corrected chi connectivity index (χ4v) is 9.39. The van der Waals surface area contributed by atoms with E-state index in [1.807, 2.05) is 18.2 Å². The van der Waals surface area contributed by atoms with Gasteiger partial charge in [0.05, 0.1) is 0 Å². The Hall–Kier alpha value is -5.25. The Bertz CT molecular complexity index is 2090. The summed E-state index contributed by atoms with van der Waals surface area (Å²) in [6, 6.07) is 32.9. The molecule has 3 saturated heterocycles. The highest BCUT2D eigenvalue weighted by Crippen LogP contribution is 2.36. The third-order valence-corrected chi connectivity index (χ3v) is 12.6. The minimum Gasteiger partial charge on any atom is -0.508 e. The van der Waals surface area contributed by atoms with Crippen molar-refractivity contribution >= 4 is 34.6 Å². The number of phenolic OH excluding ortho intramolecular Hbond substituents is 1. The molecule has 2 N–H and O–H groups in total. The Morgan fingerprint density at radius 1 is 0.754 bits per heavy atom. The van der Waals surface area contributed by atoms with Crippen molar-refractivity contribution in [1.82, 2.24) is 20.0 Å². The van der Waals surface area contributed by atoms with Gasteiger partial charge in [-0.05, 0) is 127 Å². The molecular weight excluding hydrogens is 711 g/mol. The Morgan fingerprint density at radius 3 is 2.18 bits per heavy atom. The minimum absolute atomic E-state index is 0.113. The smallest absolute Gasteiger partial charge is 0.255 e. The Morgan fingerprint density at radius 2 is 1.46 bits per heavy atom. The van der Waals surface area contributed by atoms with Gasteiger partial charge in [0.15, 0.2) is 0 Å². The second-order valence-electron chi connectivity index (χ2n) is 16.2. The number of allylic oxidation sites excluding steroid dienone is 1. The Labute approximate surface area is 337 Å². The van der Waals surface area contributed by atoms with E-state index in [1.54, 1.807) is 17.0 Å². The quantitative estimate of drug-likeness (QED) is 0.126. The van der Waals surface area contributed by atoms with E-state index < -0.39 is 6.04 Å². The van der Waals surface area contributed by atoms with E-state index in [0.717, 1.165) is 69.8 Å². The van der Waals surface area contributed by atoms with E-state index in [0.29, 0.717) is 24.4 Å². The van der Waals surface area contributed by atoms with Crippen LogP contribution in [-0.4, -0.2) is 95.9 Å². The van der Waals surface area contributed by atoms with Gasteiger partial charge in [-0.25, -0.2) is 0 Å². The van der Waals surface area contributed by atoms with E-state index in [4.69, 9.17) is 0 Å². The topological polar surface area (TPSA) is 96.4 Å². The van der Waals surface area contributed by atoms with E-state index in [9.17, 15) is 19.5 Å². The summed E-state index contributed by atoms with van der Waals surface area (Å²) < 4.78 is 0. The highest BCUT2D eigenvalue weighted by Gasteiger charge is 2.39. The molecule has 9 nitrogen and oxygen atoms in total. The van der Waals surface area contributed by atoms with Gasteiger partial charge in [0.1, 0.15) is 11.8 Å². The number of benzene rings is 4. The van der Waals surface area contributed by atoms with Crippen LogP contribution < -0.4 is 10.2 Å². The van der Waals surface area contributed by atoms with Crippen LogP contribution in [0, 0.1) is 5.92 Å². The number of rotatable bonds is 11. The van der Waals surface area contributed by atoms with E-state index in [-0.39, 0.29) is 29.9 Å². The van der Waals surface area contributed by atoms with Gasteiger partial charge in [-0.3, -0.25) is 19.7 Å². The van der Waals surface area contributed by atoms with Crippen molar-refractivity contribution in [2.45, 2.75) is 64.5 Å². The van der Waals surface area contributed by atoms with Crippen LogP contribution in [0.5, 0.6) is 5.75 Å². The summed E-state index contributed by atoms with van der Waals surface area (Å²) in [6.07, 6.45) is 6.07. The van der Waals surface area contributed by atoms with Gasteiger partial charge >= 0.3 is 0 Å². The average molecular weight is 766 g/mol. The fraction of sp³-hybridized carbons (Fsp3) is 0.396. The molecule has 0 radical (unpaired) electrons. The molecule has 0 aromatic heterocycles. The van der Waals surface area contributed by atoms with E-state index in [1.165, 1.54) is 59.3 Å². The van der Waals surface area contributed by atoms with Gasteiger partial charge in [0.2, 0.25) is 11.8 Å². The first-order chi connectivity index (χ1) is 27.8. The zero-order chi connectivity index (χ0) is 39.3.